The van der Waals surface area contributed by atoms with Crippen molar-refractivity contribution in [2.75, 3.05) is 39.5 Å². The fraction of sp³-hybridized carbons (Fsp3) is 0.409. The minimum Gasteiger partial charge on any atom is -0.492 e. The second kappa shape index (κ2) is 11.4. The summed E-state index contributed by atoms with van der Waals surface area (Å²) in [4.78, 5) is 14.7. The minimum absolute atomic E-state index is 0.232. The summed E-state index contributed by atoms with van der Waals surface area (Å²) in [6.07, 6.45) is -0.688. The number of hydrogen-bond acceptors (Lipinski definition) is 5. The molecule has 2 aromatic carbocycles. The van der Waals surface area contributed by atoms with Crippen LogP contribution in [0, 0.1) is 0 Å². The first-order valence-electron chi connectivity index (χ1n) is 9.92. The Bertz CT molecular complexity index is 823. The van der Waals surface area contributed by atoms with Crippen molar-refractivity contribution in [2.45, 2.75) is 19.6 Å². The van der Waals surface area contributed by atoms with E-state index in [1.54, 1.807) is 25.1 Å². The quantitative estimate of drug-likeness (QED) is 0.626. The summed E-state index contributed by atoms with van der Waals surface area (Å²) in [5.74, 6) is 1.00. The van der Waals surface area contributed by atoms with E-state index >= 15 is 0 Å². The highest BCUT2D eigenvalue weighted by Gasteiger charge is 2.15. The Labute approximate surface area is 187 Å². The molecule has 3 rings (SSSR count). The van der Waals surface area contributed by atoms with Gasteiger partial charge in [0.25, 0.3) is 5.91 Å². The number of carbonyl (C=O) groups excluding carboxylic acids is 1. The van der Waals surface area contributed by atoms with Gasteiger partial charge in [0.15, 0.2) is 6.10 Å². The molecule has 0 aliphatic carbocycles. The van der Waals surface area contributed by atoms with E-state index in [1.165, 1.54) is 0 Å². The Balaban J connectivity index is 1.44. The van der Waals surface area contributed by atoms with Crippen LogP contribution in [0.1, 0.15) is 12.5 Å². The molecular formula is C22H26Cl2N2O4. The molecule has 0 saturated carbocycles. The van der Waals surface area contributed by atoms with Gasteiger partial charge in [0.1, 0.15) is 18.1 Å². The largest absolute Gasteiger partial charge is 0.492 e. The van der Waals surface area contributed by atoms with Crippen LogP contribution in [0.3, 0.4) is 0 Å². The van der Waals surface area contributed by atoms with Crippen LogP contribution < -0.4 is 14.8 Å². The van der Waals surface area contributed by atoms with Crippen LogP contribution in [-0.2, 0) is 16.1 Å². The molecule has 30 heavy (non-hydrogen) atoms. The van der Waals surface area contributed by atoms with Crippen LogP contribution in [-0.4, -0.2) is 56.4 Å². The zero-order valence-electron chi connectivity index (χ0n) is 16.9. The monoisotopic (exact) mass is 452 g/mol. The van der Waals surface area contributed by atoms with E-state index < -0.39 is 6.10 Å². The zero-order chi connectivity index (χ0) is 21.3. The lowest BCUT2D eigenvalue weighted by Crippen LogP contribution is -2.38. The first-order valence-corrected chi connectivity index (χ1v) is 10.7. The SMILES string of the molecule is CC(Oc1cc(Cl)cc(Cl)c1)C(=O)NCc1cccc(OCCN2CCOCC2)c1. The number of rotatable bonds is 9. The molecule has 0 bridgehead atoms. The van der Waals surface area contributed by atoms with Gasteiger partial charge in [0.2, 0.25) is 0 Å². The molecule has 162 valence electrons. The van der Waals surface area contributed by atoms with Gasteiger partial charge in [-0.25, -0.2) is 0 Å². The van der Waals surface area contributed by atoms with Crippen LogP contribution in [0.25, 0.3) is 0 Å². The standard InChI is InChI=1S/C22H26Cl2N2O4/c1-16(30-21-13-18(23)12-19(24)14-21)22(27)25-15-17-3-2-4-20(11-17)29-10-7-26-5-8-28-9-6-26/h2-4,11-14,16H,5-10,15H2,1H3,(H,25,27). The number of benzene rings is 2. The zero-order valence-corrected chi connectivity index (χ0v) is 18.4. The molecule has 1 aliphatic heterocycles. The van der Waals surface area contributed by atoms with E-state index in [2.05, 4.69) is 10.2 Å². The molecule has 2 aromatic rings. The molecule has 1 unspecified atom stereocenters. The number of amides is 1. The summed E-state index contributed by atoms with van der Waals surface area (Å²) in [6.45, 7) is 6.98. The number of nitrogens with zero attached hydrogens (tertiary/aromatic N) is 1. The summed E-state index contributed by atoms with van der Waals surface area (Å²) in [7, 11) is 0. The Kier molecular flexibility index (Phi) is 8.63. The number of hydrogen-bond donors (Lipinski definition) is 1. The summed E-state index contributed by atoms with van der Waals surface area (Å²) >= 11 is 11.9. The van der Waals surface area contributed by atoms with E-state index in [0.29, 0.717) is 28.9 Å². The van der Waals surface area contributed by atoms with Crippen molar-refractivity contribution in [3.63, 3.8) is 0 Å². The van der Waals surface area contributed by atoms with Crippen molar-refractivity contribution < 1.29 is 19.0 Å². The van der Waals surface area contributed by atoms with Gasteiger partial charge in [-0.1, -0.05) is 35.3 Å². The third-order valence-corrected chi connectivity index (χ3v) is 5.10. The van der Waals surface area contributed by atoms with Gasteiger partial charge in [-0.3, -0.25) is 9.69 Å². The third kappa shape index (κ3) is 7.36. The minimum atomic E-state index is -0.688. The van der Waals surface area contributed by atoms with E-state index in [9.17, 15) is 4.79 Å². The molecule has 1 heterocycles. The van der Waals surface area contributed by atoms with Gasteiger partial charge < -0.3 is 19.5 Å². The summed E-state index contributed by atoms with van der Waals surface area (Å²) in [5.41, 5.74) is 0.949. The summed E-state index contributed by atoms with van der Waals surface area (Å²) < 4.78 is 16.9. The van der Waals surface area contributed by atoms with E-state index in [4.69, 9.17) is 37.4 Å². The summed E-state index contributed by atoms with van der Waals surface area (Å²) in [5, 5.41) is 3.78. The van der Waals surface area contributed by atoms with E-state index in [0.717, 1.165) is 44.2 Å². The predicted molar refractivity (Wildman–Crippen MR) is 118 cm³/mol. The molecule has 0 aromatic heterocycles. The highest BCUT2D eigenvalue weighted by Crippen LogP contribution is 2.25. The maximum absolute atomic E-state index is 12.4. The number of nitrogens with one attached hydrogen (secondary N) is 1. The maximum Gasteiger partial charge on any atom is 0.261 e. The smallest absolute Gasteiger partial charge is 0.261 e. The van der Waals surface area contributed by atoms with E-state index in [-0.39, 0.29) is 5.91 Å². The van der Waals surface area contributed by atoms with Crippen LogP contribution in [0.4, 0.5) is 0 Å². The van der Waals surface area contributed by atoms with Crippen LogP contribution in [0.2, 0.25) is 10.0 Å². The molecule has 0 radical (unpaired) electrons. The van der Waals surface area contributed by atoms with Crippen molar-refractivity contribution in [1.29, 1.82) is 0 Å². The lowest BCUT2D eigenvalue weighted by atomic mass is 10.2. The van der Waals surface area contributed by atoms with Gasteiger partial charge >= 0.3 is 0 Å². The highest BCUT2D eigenvalue weighted by atomic mass is 35.5. The maximum atomic E-state index is 12.4. The Morgan fingerprint density at radius 1 is 1.13 bits per heavy atom. The van der Waals surface area contributed by atoms with Crippen molar-refractivity contribution >= 4 is 29.1 Å². The fourth-order valence-corrected chi connectivity index (χ4v) is 3.56. The van der Waals surface area contributed by atoms with Crippen LogP contribution in [0.5, 0.6) is 11.5 Å². The molecule has 1 amide bonds. The van der Waals surface area contributed by atoms with Crippen molar-refractivity contribution in [2.24, 2.45) is 0 Å². The molecule has 6 nitrogen and oxygen atoms in total. The van der Waals surface area contributed by atoms with Gasteiger partial charge in [-0.15, -0.1) is 0 Å². The number of halogens is 2. The van der Waals surface area contributed by atoms with Crippen molar-refractivity contribution in [3.8, 4) is 11.5 Å². The van der Waals surface area contributed by atoms with E-state index in [1.807, 2.05) is 24.3 Å². The lowest BCUT2D eigenvalue weighted by Gasteiger charge is -2.26. The van der Waals surface area contributed by atoms with Gasteiger partial charge in [0, 0.05) is 36.2 Å². The molecule has 1 saturated heterocycles. The average molecular weight is 453 g/mol. The Morgan fingerprint density at radius 2 is 1.87 bits per heavy atom. The fourth-order valence-electron chi connectivity index (χ4n) is 3.05. The van der Waals surface area contributed by atoms with Crippen molar-refractivity contribution in [3.05, 3.63) is 58.1 Å². The third-order valence-electron chi connectivity index (χ3n) is 4.66. The number of ether oxygens (including phenoxy) is 3. The topological polar surface area (TPSA) is 60.0 Å². The highest BCUT2D eigenvalue weighted by molar-refractivity contribution is 6.34. The van der Waals surface area contributed by atoms with Gasteiger partial charge in [0.05, 0.1) is 13.2 Å². The molecule has 1 aliphatic rings. The Hall–Kier alpha value is -1.99. The van der Waals surface area contributed by atoms with Gasteiger partial charge in [-0.2, -0.15) is 0 Å². The first kappa shape index (κ1) is 22.7. The number of carbonyl (C=O) groups is 1. The molecule has 0 spiro atoms. The number of morpholine rings is 1. The second-order valence-electron chi connectivity index (χ2n) is 7.03. The molecule has 8 heteroatoms. The average Bonchev–Trinajstić information content (AvgIpc) is 2.72. The molecule has 1 fully saturated rings. The lowest BCUT2D eigenvalue weighted by molar-refractivity contribution is -0.127. The first-order chi connectivity index (χ1) is 14.5. The molecule has 1 N–H and O–H groups in total. The Morgan fingerprint density at radius 3 is 2.60 bits per heavy atom. The summed E-state index contributed by atoms with van der Waals surface area (Å²) in [6, 6.07) is 12.6. The molecular weight excluding hydrogens is 427 g/mol. The van der Waals surface area contributed by atoms with Gasteiger partial charge in [-0.05, 0) is 42.8 Å². The van der Waals surface area contributed by atoms with Crippen LogP contribution in [0.15, 0.2) is 42.5 Å². The second-order valence-corrected chi connectivity index (χ2v) is 7.91. The van der Waals surface area contributed by atoms with Crippen LogP contribution >= 0.6 is 23.2 Å². The predicted octanol–water partition coefficient (Wildman–Crippen LogP) is 3.79. The van der Waals surface area contributed by atoms with Crippen molar-refractivity contribution in [1.82, 2.24) is 10.2 Å². The normalized spacial score (nSPS) is 15.4. The molecule has 1 atom stereocenters.